The van der Waals surface area contributed by atoms with Crippen molar-refractivity contribution >= 4 is 5.97 Å². The molecule has 3 fully saturated rings. The Morgan fingerprint density at radius 2 is 2.03 bits per heavy atom. The minimum Gasteiger partial charge on any atom is -0.469 e. The van der Waals surface area contributed by atoms with E-state index in [1.807, 2.05) is 0 Å². The lowest BCUT2D eigenvalue weighted by Crippen LogP contribution is -2.64. The second-order valence-corrected chi connectivity index (χ2v) is 10.4. The van der Waals surface area contributed by atoms with E-state index < -0.39 is 5.79 Å². The van der Waals surface area contributed by atoms with Crippen molar-refractivity contribution in [3.63, 3.8) is 0 Å². The van der Waals surface area contributed by atoms with E-state index >= 15 is 0 Å². The van der Waals surface area contributed by atoms with E-state index in [0.717, 1.165) is 51.8 Å². The number of allylic oxidation sites excluding steroid dienone is 1. The van der Waals surface area contributed by atoms with Crippen LogP contribution in [0.25, 0.3) is 0 Å². The molecule has 162 valence electrons. The van der Waals surface area contributed by atoms with Crippen LogP contribution in [0, 0.1) is 28.6 Å². The molecule has 0 aromatic rings. The van der Waals surface area contributed by atoms with E-state index in [1.165, 1.54) is 19.3 Å². The zero-order valence-electron chi connectivity index (χ0n) is 18.6. The summed E-state index contributed by atoms with van der Waals surface area (Å²) >= 11 is 0. The molecule has 2 saturated heterocycles. The number of nitrogens with zero attached hydrogens (tertiary/aromatic N) is 1. The Bertz CT molecular complexity index is 716. The van der Waals surface area contributed by atoms with Gasteiger partial charge in [0.2, 0.25) is 0 Å². The summed E-state index contributed by atoms with van der Waals surface area (Å²) in [5, 5.41) is 0. The van der Waals surface area contributed by atoms with Crippen LogP contribution in [0.3, 0.4) is 0 Å². The van der Waals surface area contributed by atoms with Crippen molar-refractivity contribution in [2.75, 3.05) is 41.0 Å². The first-order valence-corrected chi connectivity index (χ1v) is 11.6. The average Bonchev–Trinajstić information content (AvgIpc) is 3.28. The molecule has 0 amide bonds. The maximum absolute atomic E-state index is 12.8. The predicted octanol–water partition coefficient (Wildman–Crippen LogP) is 3.78. The third kappa shape index (κ3) is 2.53. The van der Waals surface area contributed by atoms with Gasteiger partial charge in [-0.25, -0.2) is 0 Å². The summed E-state index contributed by atoms with van der Waals surface area (Å²) in [6.07, 6.45) is 8.72. The standard InChI is InChI=1S/C24H37NO4/c1-5-24(28-4)11-10-22(15-29-24)17-8-6-16-7-9-18-19(21(26)27-3)12-23(22,20(16)18)14-25(2)13-17/h17-19H,5-15H2,1-4H3/t17-,18-,19-,22-,23-,24+/m1/s1. The molecule has 6 atom stereocenters. The fourth-order valence-corrected chi connectivity index (χ4v) is 8.32. The number of ether oxygens (including phenoxy) is 3. The Kier molecular flexibility index (Phi) is 4.69. The molecule has 5 aliphatic rings. The van der Waals surface area contributed by atoms with E-state index in [9.17, 15) is 4.79 Å². The molecule has 0 radical (unpaired) electrons. The van der Waals surface area contributed by atoms with Crippen molar-refractivity contribution in [3.05, 3.63) is 11.1 Å². The predicted molar refractivity (Wildman–Crippen MR) is 110 cm³/mol. The van der Waals surface area contributed by atoms with Gasteiger partial charge >= 0.3 is 5.97 Å². The number of likely N-dealkylation sites (tertiary alicyclic amines) is 1. The van der Waals surface area contributed by atoms with Crippen molar-refractivity contribution in [2.24, 2.45) is 28.6 Å². The van der Waals surface area contributed by atoms with Gasteiger partial charge in [-0.05, 0) is 63.8 Å². The van der Waals surface area contributed by atoms with Crippen molar-refractivity contribution in [2.45, 2.75) is 64.1 Å². The number of hydrogen-bond donors (Lipinski definition) is 0. The molecular formula is C24H37NO4. The van der Waals surface area contributed by atoms with Crippen LogP contribution in [0.15, 0.2) is 11.1 Å². The molecule has 0 unspecified atom stereocenters. The maximum Gasteiger partial charge on any atom is 0.309 e. The number of carbonyl (C=O) groups excluding carboxylic acids is 1. The zero-order valence-corrected chi connectivity index (χ0v) is 18.6. The van der Waals surface area contributed by atoms with E-state index in [-0.39, 0.29) is 22.7 Å². The third-order valence-corrected chi connectivity index (χ3v) is 9.64. The van der Waals surface area contributed by atoms with Crippen LogP contribution in [0.2, 0.25) is 0 Å². The molecule has 5 rings (SSSR count). The highest BCUT2D eigenvalue weighted by molar-refractivity contribution is 5.75. The van der Waals surface area contributed by atoms with Gasteiger partial charge in [-0.2, -0.15) is 0 Å². The van der Waals surface area contributed by atoms with E-state index in [0.29, 0.717) is 11.8 Å². The zero-order chi connectivity index (χ0) is 20.4. The molecule has 0 aromatic carbocycles. The summed E-state index contributed by atoms with van der Waals surface area (Å²) in [5.74, 6) is 0.606. The lowest BCUT2D eigenvalue weighted by Gasteiger charge is -2.62. The number of methoxy groups -OCH3 is 2. The molecule has 0 aromatic heterocycles. The van der Waals surface area contributed by atoms with Crippen LogP contribution in [-0.4, -0.2) is 57.6 Å². The fourth-order valence-electron chi connectivity index (χ4n) is 8.32. The topological polar surface area (TPSA) is 48.0 Å². The van der Waals surface area contributed by atoms with Crippen LogP contribution in [-0.2, 0) is 19.0 Å². The highest BCUT2D eigenvalue weighted by atomic mass is 16.7. The molecule has 2 heterocycles. The quantitative estimate of drug-likeness (QED) is 0.530. The minimum absolute atomic E-state index is 0.00245. The van der Waals surface area contributed by atoms with Crippen LogP contribution in [0.1, 0.15) is 58.3 Å². The maximum atomic E-state index is 12.8. The Hall–Kier alpha value is -0.910. The monoisotopic (exact) mass is 403 g/mol. The van der Waals surface area contributed by atoms with Gasteiger partial charge < -0.3 is 19.1 Å². The van der Waals surface area contributed by atoms with Crippen molar-refractivity contribution in [1.82, 2.24) is 4.90 Å². The molecule has 3 aliphatic carbocycles. The smallest absolute Gasteiger partial charge is 0.309 e. The number of rotatable bonds is 3. The molecule has 2 bridgehead atoms. The Labute approximate surface area is 175 Å². The highest BCUT2D eigenvalue weighted by Gasteiger charge is 2.69. The second kappa shape index (κ2) is 6.80. The van der Waals surface area contributed by atoms with Crippen molar-refractivity contribution < 1.29 is 19.0 Å². The number of carbonyl (C=O) groups is 1. The van der Waals surface area contributed by atoms with E-state index in [1.54, 1.807) is 25.4 Å². The molecule has 1 saturated carbocycles. The first-order chi connectivity index (χ1) is 13.9. The normalized spacial score (nSPS) is 46.7. The van der Waals surface area contributed by atoms with Gasteiger partial charge in [0.1, 0.15) is 0 Å². The van der Waals surface area contributed by atoms with Crippen LogP contribution < -0.4 is 0 Å². The summed E-state index contributed by atoms with van der Waals surface area (Å²) in [5.41, 5.74) is 3.52. The van der Waals surface area contributed by atoms with Gasteiger partial charge in [-0.3, -0.25) is 4.79 Å². The first kappa shape index (κ1) is 20.0. The van der Waals surface area contributed by atoms with Gasteiger partial charge in [0.05, 0.1) is 19.6 Å². The highest BCUT2D eigenvalue weighted by Crippen LogP contribution is 2.71. The van der Waals surface area contributed by atoms with Gasteiger partial charge in [0, 0.05) is 37.5 Å². The minimum atomic E-state index is -0.430. The summed E-state index contributed by atoms with van der Waals surface area (Å²) in [4.78, 5) is 15.4. The van der Waals surface area contributed by atoms with E-state index in [4.69, 9.17) is 14.2 Å². The Morgan fingerprint density at radius 3 is 2.69 bits per heavy atom. The van der Waals surface area contributed by atoms with Crippen molar-refractivity contribution in [3.8, 4) is 0 Å². The van der Waals surface area contributed by atoms with Crippen LogP contribution >= 0.6 is 0 Å². The molecular weight excluding hydrogens is 366 g/mol. The molecule has 2 aliphatic heterocycles. The molecule has 5 nitrogen and oxygen atoms in total. The van der Waals surface area contributed by atoms with Crippen molar-refractivity contribution in [1.29, 1.82) is 0 Å². The van der Waals surface area contributed by atoms with Crippen LogP contribution in [0.5, 0.6) is 0 Å². The summed E-state index contributed by atoms with van der Waals surface area (Å²) in [7, 11) is 5.62. The number of esters is 1. The average molecular weight is 404 g/mol. The number of piperidine rings is 1. The van der Waals surface area contributed by atoms with Gasteiger partial charge in [0.15, 0.2) is 5.79 Å². The van der Waals surface area contributed by atoms with Gasteiger partial charge in [-0.15, -0.1) is 0 Å². The molecule has 29 heavy (non-hydrogen) atoms. The summed E-state index contributed by atoms with van der Waals surface area (Å²) in [6.45, 7) is 5.13. The van der Waals surface area contributed by atoms with E-state index in [2.05, 4.69) is 18.9 Å². The lowest BCUT2D eigenvalue weighted by atomic mass is 9.50. The summed E-state index contributed by atoms with van der Waals surface area (Å²) in [6, 6.07) is 0. The lowest BCUT2D eigenvalue weighted by molar-refractivity contribution is -0.294. The third-order valence-electron chi connectivity index (χ3n) is 9.64. The second-order valence-electron chi connectivity index (χ2n) is 10.4. The first-order valence-electron chi connectivity index (χ1n) is 11.6. The largest absolute Gasteiger partial charge is 0.469 e. The molecule has 0 N–H and O–H groups in total. The Morgan fingerprint density at radius 1 is 1.24 bits per heavy atom. The summed E-state index contributed by atoms with van der Waals surface area (Å²) < 4.78 is 17.8. The van der Waals surface area contributed by atoms with Crippen LogP contribution in [0.4, 0.5) is 0 Å². The van der Waals surface area contributed by atoms with Gasteiger partial charge in [-0.1, -0.05) is 18.1 Å². The molecule has 2 spiro atoms. The molecule has 5 heteroatoms. The fraction of sp³-hybridized carbons (Fsp3) is 0.875. The Balaban J connectivity index is 1.62. The number of hydrogen-bond acceptors (Lipinski definition) is 5. The SMILES string of the molecule is CC[C@@]1(OC)CC[C@@]2(CO1)[C@@H]1CCC3=C4[C@H](CC3)[C@H](C(=O)OC)C[C@@]42CN(C)C1. The van der Waals surface area contributed by atoms with Gasteiger partial charge in [0.25, 0.3) is 0 Å².